The molecule has 0 aliphatic carbocycles. The maximum atomic E-state index is 14.2. The Bertz CT molecular complexity index is 653. The Morgan fingerprint density at radius 2 is 2.00 bits per heavy atom. The Morgan fingerprint density at radius 1 is 1.30 bits per heavy atom. The normalized spacial score (nSPS) is 11.8. The number of halogens is 2. The Kier molecular flexibility index (Phi) is 5.96. The van der Waals surface area contributed by atoms with E-state index < -0.39 is 17.9 Å². The fraction of sp³-hybridized carbons (Fsp3) is 0.235. The van der Waals surface area contributed by atoms with Crippen molar-refractivity contribution < 1.29 is 23.8 Å². The molecule has 6 heteroatoms. The summed E-state index contributed by atoms with van der Waals surface area (Å²) in [5.74, 6) is -1.75. The number of benzene rings is 2. The van der Waals surface area contributed by atoms with Crippen molar-refractivity contribution in [2.75, 3.05) is 6.61 Å². The van der Waals surface area contributed by atoms with Crippen molar-refractivity contribution in [3.05, 3.63) is 64.4 Å². The van der Waals surface area contributed by atoms with Crippen LogP contribution in [0.1, 0.15) is 24.2 Å². The van der Waals surface area contributed by atoms with Crippen molar-refractivity contribution in [3.63, 3.8) is 0 Å². The quantitative estimate of drug-likeness (QED) is 0.817. The molecule has 0 aromatic heterocycles. The van der Waals surface area contributed by atoms with Crippen molar-refractivity contribution in [2.45, 2.75) is 19.6 Å². The van der Waals surface area contributed by atoms with Gasteiger partial charge < -0.3 is 14.6 Å². The van der Waals surface area contributed by atoms with Gasteiger partial charge in [0.2, 0.25) is 0 Å². The number of ether oxygens (including phenoxy) is 2. The molecule has 2 aromatic carbocycles. The highest BCUT2D eigenvalue weighted by atomic mass is 35.5. The van der Waals surface area contributed by atoms with Crippen LogP contribution in [0.4, 0.5) is 4.39 Å². The van der Waals surface area contributed by atoms with E-state index in [1.165, 1.54) is 6.07 Å². The van der Waals surface area contributed by atoms with Gasteiger partial charge in [-0.1, -0.05) is 41.9 Å². The zero-order chi connectivity index (χ0) is 16.8. The van der Waals surface area contributed by atoms with E-state index >= 15 is 0 Å². The van der Waals surface area contributed by atoms with Crippen molar-refractivity contribution in [2.24, 2.45) is 0 Å². The lowest BCUT2D eigenvalue weighted by molar-refractivity contribution is -0.153. The molecule has 4 nitrogen and oxygen atoms in total. The van der Waals surface area contributed by atoms with Crippen molar-refractivity contribution >= 4 is 17.6 Å². The largest absolute Gasteiger partial charge is 0.484 e. The Hall–Kier alpha value is -2.11. The molecule has 0 fully saturated rings. The number of aliphatic hydroxyl groups is 1. The second-order valence-corrected chi connectivity index (χ2v) is 5.15. The number of hydrogen-bond donors (Lipinski definition) is 1. The lowest BCUT2D eigenvalue weighted by Gasteiger charge is -2.14. The lowest BCUT2D eigenvalue weighted by atomic mass is 10.1. The highest BCUT2D eigenvalue weighted by Crippen LogP contribution is 2.32. The van der Waals surface area contributed by atoms with Gasteiger partial charge in [0.1, 0.15) is 6.61 Å². The Labute approximate surface area is 138 Å². The summed E-state index contributed by atoms with van der Waals surface area (Å²) in [6.45, 7) is 1.88. The Morgan fingerprint density at radius 3 is 2.61 bits per heavy atom. The summed E-state index contributed by atoms with van der Waals surface area (Å²) in [7, 11) is 0. The van der Waals surface area contributed by atoms with Crippen LogP contribution in [0.3, 0.4) is 0 Å². The summed E-state index contributed by atoms with van der Waals surface area (Å²) >= 11 is 6.00. The minimum Gasteiger partial charge on any atom is -0.484 e. The molecule has 0 aliphatic heterocycles. The first-order valence-corrected chi connectivity index (χ1v) is 7.41. The highest BCUT2D eigenvalue weighted by Gasteiger charge is 2.22. The first-order chi connectivity index (χ1) is 11.0. The van der Waals surface area contributed by atoms with Crippen LogP contribution < -0.4 is 4.74 Å². The summed E-state index contributed by atoms with van der Waals surface area (Å²) in [6.07, 6.45) is -1.59. The second-order valence-electron chi connectivity index (χ2n) is 4.74. The number of carbonyl (C=O) groups excluding carboxylic acids is 1. The average Bonchev–Trinajstić information content (AvgIpc) is 2.54. The van der Waals surface area contributed by atoms with Gasteiger partial charge in [-0.3, -0.25) is 0 Å². The number of rotatable bonds is 6. The maximum Gasteiger partial charge on any atom is 0.339 e. The van der Waals surface area contributed by atoms with Crippen LogP contribution >= 0.6 is 11.6 Å². The van der Waals surface area contributed by atoms with Gasteiger partial charge in [-0.15, -0.1) is 0 Å². The predicted octanol–water partition coefficient (Wildman–Crippen LogP) is 3.65. The molecule has 1 atom stereocenters. The smallest absolute Gasteiger partial charge is 0.339 e. The number of hydrogen-bond acceptors (Lipinski definition) is 4. The van der Waals surface area contributed by atoms with Gasteiger partial charge >= 0.3 is 5.97 Å². The third-order valence-electron chi connectivity index (χ3n) is 3.07. The highest BCUT2D eigenvalue weighted by molar-refractivity contribution is 6.32. The van der Waals surface area contributed by atoms with Crippen LogP contribution in [0.2, 0.25) is 5.02 Å². The minimum absolute atomic E-state index is 0.0120. The van der Waals surface area contributed by atoms with Gasteiger partial charge in [0.05, 0.1) is 11.6 Å². The van der Waals surface area contributed by atoms with Crippen molar-refractivity contribution in [3.8, 4) is 5.75 Å². The molecule has 0 saturated heterocycles. The minimum atomic E-state index is -1.59. The molecule has 0 aliphatic rings. The molecule has 0 heterocycles. The fourth-order valence-electron chi connectivity index (χ4n) is 1.96. The lowest BCUT2D eigenvalue weighted by Crippen LogP contribution is -2.15. The van der Waals surface area contributed by atoms with Gasteiger partial charge in [-0.25, -0.2) is 9.18 Å². The van der Waals surface area contributed by atoms with Gasteiger partial charge in [0, 0.05) is 0 Å². The number of carbonyl (C=O) groups is 1. The SMILES string of the molecule is CCOC(=O)C(O)c1cc(F)c(OCc2ccccc2)c(Cl)c1. The third kappa shape index (κ3) is 4.43. The summed E-state index contributed by atoms with van der Waals surface area (Å²) in [4.78, 5) is 11.5. The molecule has 0 saturated carbocycles. The van der Waals surface area contributed by atoms with Crippen molar-refractivity contribution in [1.82, 2.24) is 0 Å². The predicted molar refractivity (Wildman–Crippen MR) is 83.8 cm³/mol. The second kappa shape index (κ2) is 7.94. The molecule has 2 aromatic rings. The van der Waals surface area contributed by atoms with E-state index in [-0.39, 0.29) is 29.5 Å². The molecule has 1 unspecified atom stereocenters. The van der Waals surface area contributed by atoms with E-state index in [2.05, 4.69) is 4.74 Å². The molecule has 0 radical (unpaired) electrons. The molecule has 0 bridgehead atoms. The van der Waals surface area contributed by atoms with Crippen LogP contribution in [0, 0.1) is 5.82 Å². The fourth-order valence-corrected chi connectivity index (χ4v) is 2.23. The van der Waals surface area contributed by atoms with Crippen LogP contribution in [0.5, 0.6) is 5.75 Å². The van der Waals surface area contributed by atoms with E-state index in [9.17, 15) is 14.3 Å². The van der Waals surface area contributed by atoms with Crippen LogP contribution in [0.25, 0.3) is 0 Å². The molecule has 2 rings (SSSR count). The molecule has 122 valence electrons. The van der Waals surface area contributed by atoms with Gasteiger partial charge in [-0.2, -0.15) is 0 Å². The summed E-state index contributed by atoms with van der Waals surface area (Å²) in [5, 5.41) is 9.80. The molecule has 23 heavy (non-hydrogen) atoms. The van der Waals surface area contributed by atoms with E-state index in [1.807, 2.05) is 30.3 Å². The summed E-state index contributed by atoms with van der Waals surface area (Å²) in [6, 6.07) is 11.5. The van der Waals surface area contributed by atoms with E-state index in [0.29, 0.717) is 0 Å². The van der Waals surface area contributed by atoms with E-state index in [0.717, 1.165) is 11.6 Å². The van der Waals surface area contributed by atoms with Crippen LogP contribution in [0.15, 0.2) is 42.5 Å². The first kappa shape index (κ1) is 17.2. The van der Waals surface area contributed by atoms with E-state index in [1.54, 1.807) is 6.92 Å². The first-order valence-electron chi connectivity index (χ1n) is 7.03. The van der Waals surface area contributed by atoms with E-state index in [4.69, 9.17) is 16.3 Å². The van der Waals surface area contributed by atoms with Gasteiger partial charge in [0.25, 0.3) is 0 Å². The monoisotopic (exact) mass is 338 g/mol. The van der Waals surface area contributed by atoms with Crippen LogP contribution in [-0.4, -0.2) is 17.7 Å². The molecule has 0 spiro atoms. The van der Waals surface area contributed by atoms with Crippen molar-refractivity contribution in [1.29, 1.82) is 0 Å². The molecule has 1 N–H and O–H groups in total. The summed E-state index contributed by atoms with van der Waals surface area (Å²) < 4.78 is 24.2. The molecular formula is C17H16ClFO4. The zero-order valence-electron chi connectivity index (χ0n) is 12.5. The zero-order valence-corrected chi connectivity index (χ0v) is 13.2. The standard InChI is InChI=1S/C17H16ClFO4/c1-2-22-17(21)15(20)12-8-13(18)16(14(19)9-12)23-10-11-6-4-3-5-7-11/h3-9,15,20H,2,10H2,1H3. The average molecular weight is 339 g/mol. The maximum absolute atomic E-state index is 14.2. The summed E-state index contributed by atoms with van der Waals surface area (Å²) in [5.41, 5.74) is 0.872. The number of aliphatic hydroxyl groups excluding tert-OH is 1. The molecular weight excluding hydrogens is 323 g/mol. The van der Waals surface area contributed by atoms with Gasteiger partial charge in [-0.05, 0) is 30.2 Å². The number of esters is 1. The van der Waals surface area contributed by atoms with Gasteiger partial charge in [0.15, 0.2) is 17.7 Å². The Balaban J connectivity index is 2.15. The topological polar surface area (TPSA) is 55.8 Å². The molecule has 0 amide bonds. The third-order valence-corrected chi connectivity index (χ3v) is 3.35. The van der Waals surface area contributed by atoms with Crippen LogP contribution in [-0.2, 0) is 16.1 Å².